The molecule has 1 rings (SSSR count). The Balaban J connectivity index is 3.51. The molecule has 0 atom stereocenters. The van der Waals surface area contributed by atoms with E-state index in [0.29, 0.717) is 0 Å². The van der Waals surface area contributed by atoms with E-state index in [9.17, 15) is 28.1 Å². The van der Waals surface area contributed by atoms with Crippen molar-refractivity contribution in [1.29, 1.82) is 0 Å². The number of nitro groups is 1. The number of carbonyl (C=O) groups excluding carboxylic acids is 1. The molecule has 0 N–H and O–H groups in total. The van der Waals surface area contributed by atoms with Gasteiger partial charge >= 0.3 is 12.3 Å². The molecule has 19 heavy (non-hydrogen) atoms. The number of nitrogens with zero attached hydrogens (tertiary/aromatic N) is 2. The number of carbonyl (C=O) groups is 1. The van der Waals surface area contributed by atoms with Gasteiger partial charge in [-0.15, -0.1) is 13.2 Å². The second-order valence-corrected chi connectivity index (χ2v) is 4.05. The number of rotatable bonds is 3. The molecule has 0 amide bonds. The van der Waals surface area contributed by atoms with Gasteiger partial charge in [0, 0.05) is 6.07 Å². The summed E-state index contributed by atoms with van der Waals surface area (Å²) in [6, 6.07) is 0.829. The summed E-state index contributed by atoms with van der Waals surface area (Å²) in [5, 5.41) is 10.7. The lowest BCUT2D eigenvalue weighted by molar-refractivity contribution is -0.385. The fourth-order valence-corrected chi connectivity index (χ4v) is 1.62. The molecule has 0 fully saturated rings. The molecule has 0 aliphatic carbocycles. The lowest BCUT2D eigenvalue weighted by Gasteiger charge is -2.11. The van der Waals surface area contributed by atoms with Crippen LogP contribution in [0.2, 0.25) is 0 Å². The van der Waals surface area contributed by atoms with Gasteiger partial charge in [-0.25, -0.2) is 9.78 Å². The molecule has 1 aromatic heterocycles. The molecule has 104 valence electrons. The average molecular weight is 392 g/mol. The van der Waals surface area contributed by atoms with E-state index >= 15 is 0 Å². The summed E-state index contributed by atoms with van der Waals surface area (Å²) in [7, 11) is 0.862. The van der Waals surface area contributed by atoms with Crippen LogP contribution in [0.15, 0.2) is 6.07 Å². The van der Waals surface area contributed by atoms with E-state index in [4.69, 9.17) is 0 Å². The minimum absolute atomic E-state index is 0.142. The van der Waals surface area contributed by atoms with Gasteiger partial charge in [-0.2, -0.15) is 0 Å². The normalized spacial score (nSPS) is 11.0. The Labute approximate surface area is 117 Å². The van der Waals surface area contributed by atoms with E-state index in [1.165, 1.54) is 22.6 Å². The van der Waals surface area contributed by atoms with E-state index in [2.05, 4.69) is 14.5 Å². The predicted molar refractivity (Wildman–Crippen MR) is 61.6 cm³/mol. The molecule has 0 bridgehead atoms. The number of hydrogen-bond donors (Lipinski definition) is 0. The van der Waals surface area contributed by atoms with Gasteiger partial charge in [0.15, 0.2) is 5.56 Å². The van der Waals surface area contributed by atoms with Crippen molar-refractivity contribution in [2.45, 2.75) is 6.36 Å². The molecule has 1 heterocycles. The number of hydrogen-bond acceptors (Lipinski definition) is 6. The summed E-state index contributed by atoms with van der Waals surface area (Å²) in [5.41, 5.74) is -1.88. The van der Waals surface area contributed by atoms with Crippen molar-refractivity contribution >= 4 is 34.2 Å². The molecule has 0 radical (unpaired) electrons. The van der Waals surface area contributed by atoms with Crippen LogP contribution in [0.3, 0.4) is 0 Å². The van der Waals surface area contributed by atoms with Crippen molar-refractivity contribution in [2.24, 2.45) is 0 Å². The number of esters is 1. The summed E-state index contributed by atoms with van der Waals surface area (Å²) in [6.45, 7) is 0. The molecule has 1 aromatic rings. The molecule has 7 nitrogen and oxygen atoms in total. The average Bonchev–Trinajstić information content (AvgIpc) is 2.24. The zero-order valence-electron chi connectivity index (χ0n) is 9.02. The number of methoxy groups -OCH3 is 1. The van der Waals surface area contributed by atoms with Crippen LogP contribution in [0.4, 0.5) is 18.9 Å². The third-order valence-electron chi connectivity index (χ3n) is 1.73. The van der Waals surface area contributed by atoms with Gasteiger partial charge in [0.25, 0.3) is 5.69 Å². The van der Waals surface area contributed by atoms with Gasteiger partial charge in [0.1, 0.15) is 3.70 Å². The fourth-order valence-electron chi connectivity index (χ4n) is 1.10. The number of aromatic nitrogens is 1. The van der Waals surface area contributed by atoms with Crippen LogP contribution in [0.5, 0.6) is 5.88 Å². The molecule has 0 aliphatic heterocycles. The van der Waals surface area contributed by atoms with Crippen molar-refractivity contribution in [3.8, 4) is 5.88 Å². The zero-order valence-corrected chi connectivity index (χ0v) is 11.2. The second-order valence-electron chi connectivity index (χ2n) is 2.94. The Bertz CT molecular complexity index is 534. The lowest BCUT2D eigenvalue weighted by Crippen LogP contribution is -2.21. The maximum Gasteiger partial charge on any atom is 0.574 e. The minimum atomic E-state index is -5.14. The first-order valence-corrected chi connectivity index (χ1v) is 5.42. The number of halogens is 4. The zero-order chi connectivity index (χ0) is 14.8. The van der Waals surface area contributed by atoms with Crippen molar-refractivity contribution < 1.29 is 32.4 Å². The first-order chi connectivity index (χ1) is 8.65. The molecule has 0 aromatic carbocycles. The molecule has 0 aliphatic rings. The lowest BCUT2D eigenvalue weighted by atomic mass is 10.2. The van der Waals surface area contributed by atoms with Crippen LogP contribution in [0, 0.1) is 13.8 Å². The number of ether oxygens (including phenoxy) is 2. The second kappa shape index (κ2) is 5.54. The SMILES string of the molecule is COC(=O)c1c([N+](=O)[O-])cc(I)nc1OC(F)(F)F. The third kappa shape index (κ3) is 3.90. The largest absolute Gasteiger partial charge is 0.574 e. The molecule has 0 unspecified atom stereocenters. The maximum atomic E-state index is 12.2. The quantitative estimate of drug-likeness (QED) is 0.258. The number of pyridine rings is 1. The van der Waals surface area contributed by atoms with Crippen LogP contribution in [-0.2, 0) is 4.74 Å². The molecule has 11 heteroatoms. The van der Waals surface area contributed by atoms with E-state index in [-0.39, 0.29) is 3.70 Å². The molecule has 0 saturated heterocycles. The van der Waals surface area contributed by atoms with Gasteiger partial charge in [-0.05, 0) is 22.6 Å². The summed E-state index contributed by atoms with van der Waals surface area (Å²) >= 11 is 1.45. The first kappa shape index (κ1) is 15.4. The summed E-state index contributed by atoms with van der Waals surface area (Å²) < 4.78 is 44.1. The highest BCUT2D eigenvalue weighted by Crippen LogP contribution is 2.32. The molecule has 0 saturated carbocycles. The van der Waals surface area contributed by atoms with Crippen molar-refractivity contribution in [1.82, 2.24) is 4.98 Å². The van der Waals surface area contributed by atoms with Crippen LogP contribution in [0.25, 0.3) is 0 Å². The Kier molecular flexibility index (Phi) is 4.49. The maximum absolute atomic E-state index is 12.2. The predicted octanol–water partition coefficient (Wildman–Crippen LogP) is 2.28. The Morgan fingerprint density at radius 3 is 2.53 bits per heavy atom. The fraction of sp³-hybridized carbons (Fsp3) is 0.250. The third-order valence-corrected chi connectivity index (χ3v) is 2.29. The molecular weight excluding hydrogens is 388 g/mol. The van der Waals surface area contributed by atoms with Crippen molar-refractivity contribution in [2.75, 3.05) is 7.11 Å². The van der Waals surface area contributed by atoms with Crippen LogP contribution < -0.4 is 4.74 Å². The van der Waals surface area contributed by atoms with Gasteiger partial charge < -0.3 is 9.47 Å². The topological polar surface area (TPSA) is 91.6 Å². The molecule has 0 spiro atoms. The summed E-state index contributed by atoms with van der Waals surface area (Å²) in [4.78, 5) is 24.4. The van der Waals surface area contributed by atoms with Crippen LogP contribution >= 0.6 is 22.6 Å². The van der Waals surface area contributed by atoms with E-state index in [1.807, 2.05) is 0 Å². The molecular formula is C8H4F3IN2O5. The number of alkyl halides is 3. The standard InChI is InChI=1S/C8H4F3IN2O5/c1-18-7(15)5-3(14(16)17)2-4(12)13-6(5)19-8(9,10)11/h2H,1H3. The minimum Gasteiger partial charge on any atom is -0.465 e. The monoisotopic (exact) mass is 392 g/mol. The van der Waals surface area contributed by atoms with E-state index in [1.54, 1.807) is 0 Å². The van der Waals surface area contributed by atoms with Crippen molar-refractivity contribution in [3.63, 3.8) is 0 Å². The highest BCUT2D eigenvalue weighted by molar-refractivity contribution is 14.1. The van der Waals surface area contributed by atoms with Gasteiger partial charge in [-0.3, -0.25) is 10.1 Å². The Hall–Kier alpha value is -1.66. The van der Waals surface area contributed by atoms with E-state index in [0.717, 1.165) is 13.2 Å². The van der Waals surface area contributed by atoms with Crippen LogP contribution in [0.1, 0.15) is 10.4 Å². The van der Waals surface area contributed by atoms with Crippen LogP contribution in [-0.4, -0.2) is 29.3 Å². The van der Waals surface area contributed by atoms with Gasteiger partial charge in [0.2, 0.25) is 5.88 Å². The summed E-state index contributed by atoms with van der Waals surface area (Å²) in [5.74, 6) is -2.58. The van der Waals surface area contributed by atoms with Gasteiger partial charge in [-0.1, -0.05) is 0 Å². The van der Waals surface area contributed by atoms with E-state index < -0.39 is 34.4 Å². The van der Waals surface area contributed by atoms with Crippen molar-refractivity contribution in [3.05, 3.63) is 25.4 Å². The van der Waals surface area contributed by atoms with Gasteiger partial charge in [0.05, 0.1) is 12.0 Å². The first-order valence-electron chi connectivity index (χ1n) is 4.34. The Morgan fingerprint density at radius 2 is 2.11 bits per heavy atom. The summed E-state index contributed by atoms with van der Waals surface area (Å²) in [6.07, 6.45) is -5.14. The highest BCUT2D eigenvalue weighted by atomic mass is 127. The smallest absolute Gasteiger partial charge is 0.465 e. The highest BCUT2D eigenvalue weighted by Gasteiger charge is 2.37. The Morgan fingerprint density at radius 1 is 1.53 bits per heavy atom.